The van der Waals surface area contributed by atoms with Crippen LogP contribution in [0.25, 0.3) is 0 Å². The SMILES string of the molecule is C=CC(CCCCCCCCCCCCCCCC)C(=O)OOC(=O)C(=O)CCCCCCCCCCCCCCCC. The van der Waals surface area contributed by atoms with Crippen molar-refractivity contribution in [3.63, 3.8) is 0 Å². The van der Waals surface area contributed by atoms with Gasteiger partial charge < -0.3 is 0 Å². The Labute approximate surface area is 266 Å². The Morgan fingerprint density at radius 1 is 0.488 bits per heavy atom. The molecule has 0 aromatic rings. The largest absolute Gasteiger partial charge is 0.421 e. The number of unbranched alkanes of at least 4 members (excludes halogenated alkanes) is 26. The lowest BCUT2D eigenvalue weighted by Gasteiger charge is -2.10. The number of carbonyl (C=O) groups excluding carboxylic acids is 3. The average Bonchev–Trinajstić information content (AvgIpc) is 3.01. The van der Waals surface area contributed by atoms with E-state index in [2.05, 4.69) is 25.3 Å². The van der Waals surface area contributed by atoms with Gasteiger partial charge in [0.25, 0.3) is 0 Å². The van der Waals surface area contributed by atoms with E-state index in [0.717, 1.165) is 25.7 Å². The van der Waals surface area contributed by atoms with Crippen LogP contribution in [-0.4, -0.2) is 17.7 Å². The second-order valence-electron chi connectivity index (χ2n) is 12.8. The summed E-state index contributed by atoms with van der Waals surface area (Å²) in [6.07, 6.45) is 37.5. The minimum Gasteiger partial charge on any atom is -0.287 e. The van der Waals surface area contributed by atoms with Crippen LogP contribution in [0.5, 0.6) is 0 Å². The Balaban J connectivity index is 3.65. The second kappa shape index (κ2) is 33.2. The van der Waals surface area contributed by atoms with Gasteiger partial charge in [-0.25, -0.2) is 19.4 Å². The minimum absolute atomic E-state index is 0.137. The van der Waals surface area contributed by atoms with Crippen molar-refractivity contribution in [1.82, 2.24) is 0 Å². The molecule has 0 aliphatic heterocycles. The molecule has 0 fully saturated rings. The fraction of sp³-hybridized carbons (Fsp3) is 0.868. The lowest BCUT2D eigenvalue weighted by atomic mass is 10.00. The van der Waals surface area contributed by atoms with Gasteiger partial charge in [-0.05, 0) is 12.8 Å². The highest BCUT2D eigenvalue weighted by atomic mass is 17.2. The lowest BCUT2D eigenvalue weighted by Crippen LogP contribution is -2.23. The van der Waals surface area contributed by atoms with Crippen LogP contribution < -0.4 is 0 Å². The van der Waals surface area contributed by atoms with Crippen LogP contribution >= 0.6 is 0 Å². The van der Waals surface area contributed by atoms with Crippen molar-refractivity contribution >= 4 is 17.7 Å². The maximum absolute atomic E-state index is 12.3. The van der Waals surface area contributed by atoms with E-state index in [0.29, 0.717) is 12.8 Å². The Kier molecular flexibility index (Phi) is 32.0. The first-order chi connectivity index (χ1) is 21.1. The summed E-state index contributed by atoms with van der Waals surface area (Å²) in [5, 5.41) is 0. The van der Waals surface area contributed by atoms with Crippen molar-refractivity contribution in [2.24, 2.45) is 5.92 Å². The smallest absolute Gasteiger partial charge is 0.287 e. The first-order valence-corrected chi connectivity index (χ1v) is 18.6. The van der Waals surface area contributed by atoms with E-state index in [4.69, 9.17) is 4.89 Å². The van der Waals surface area contributed by atoms with E-state index < -0.39 is 23.6 Å². The molecule has 0 radical (unpaired) electrons. The molecule has 0 aromatic heterocycles. The molecule has 0 aliphatic rings. The fourth-order valence-electron chi connectivity index (χ4n) is 5.66. The molecule has 0 saturated carbocycles. The molecule has 0 spiro atoms. The summed E-state index contributed by atoms with van der Waals surface area (Å²) in [5.41, 5.74) is 0. The standard InChI is InChI=1S/C38H70O5/c1-4-7-9-11-13-15-17-19-21-23-25-27-29-31-33-35(6-3)37(40)42-43-38(41)36(39)34-32-30-28-26-24-22-20-18-16-14-12-10-8-5-2/h6,35H,3-5,7-34H2,1-2H3. The van der Waals surface area contributed by atoms with Gasteiger partial charge in [-0.2, -0.15) is 0 Å². The summed E-state index contributed by atoms with van der Waals surface area (Å²) >= 11 is 0. The van der Waals surface area contributed by atoms with Gasteiger partial charge in [0, 0.05) is 6.42 Å². The molecule has 0 N–H and O–H groups in total. The van der Waals surface area contributed by atoms with E-state index in [-0.39, 0.29) is 6.42 Å². The maximum atomic E-state index is 12.3. The third kappa shape index (κ3) is 28.9. The highest BCUT2D eigenvalue weighted by molar-refractivity contribution is 6.33. The van der Waals surface area contributed by atoms with Gasteiger partial charge >= 0.3 is 11.9 Å². The maximum Gasteiger partial charge on any atom is 0.421 e. The highest BCUT2D eigenvalue weighted by Crippen LogP contribution is 2.17. The first-order valence-electron chi connectivity index (χ1n) is 18.6. The quantitative estimate of drug-likeness (QED) is 0.0244. The number of Topliss-reactive ketones (excluding diaryl/α,β-unsaturated/α-hetero) is 1. The molecule has 0 aliphatic carbocycles. The van der Waals surface area contributed by atoms with Gasteiger partial charge in [-0.1, -0.05) is 193 Å². The van der Waals surface area contributed by atoms with E-state index in [1.54, 1.807) is 0 Å². The van der Waals surface area contributed by atoms with Crippen LogP contribution in [0.2, 0.25) is 0 Å². The zero-order valence-electron chi connectivity index (χ0n) is 28.6. The van der Waals surface area contributed by atoms with Gasteiger partial charge in [0.2, 0.25) is 5.78 Å². The number of carbonyl (C=O) groups is 3. The highest BCUT2D eigenvalue weighted by Gasteiger charge is 2.22. The van der Waals surface area contributed by atoms with Crippen LogP contribution in [-0.2, 0) is 24.2 Å². The molecular weight excluding hydrogens is 536 g/mol. The van der Waals surface area contributed by atoms with Gasteiger partial charge in [-0.15, -0.1) is 6.58 Å². The average molecular weight is 607 g/mol. The molecule has 0 saturated heterocycles. The minimum atomic E-state index is -1.08. The number of hydrogen-bond donors (Lipinski definition) is 0. The van der Waals surface area contributed by atoms with Crippen LogP contribution in [0, 0.1) is 5.92 Å². The first kappa shape index (κ1) is 41.4. The van der Waals surface area contributed by atoms with Crippen LogP contribution in [0.1, 0.15) is 206 Å². The van der Waals surface area contributed by atoms with Crippen LogP contribution in [0.4, 0.5) is 0 Å². The lowest BCUT2D eigenvalue weighted by molar-refractivity contribution is -0.259. The predicted molar refractivity (Wildman–Crippen MR) is 181 cm³/mol. The molecule has 1 atom stereocenters. The molecule has 0 rings (SSSR count). The Morgan fingerprint density at radius 2 is 0.814 bits per heavy atom. The monoisotopic (exact) mass is 607 g/mol. The molecule has 0 aromatic carbocycles. The van der Waals surface area contributed by atoms with Crippen LogP contribution in [0.15, 0.2) is 12.7 Å². The van der Waals surface area contributed by atoms with E-state index in [1.165, 1.54) is 154 Å². The molecule has 0 bridgehead atoms. The Morgan fingerprint density at radius 3 is 1.16 bits per heavy atom. The summed E-state index contributed by atoms with van der Waals surface area (Å²) in [6, 6.07) is 0. The number of ketones is 1. The zero-order valence-corrected chi connectivity index (χ0v) is 28.6. The Bertz CT molecular complexity index is 659. The van der Waals surface area contributed by atoms with Gasteiger partial charge in [0.05, 0.1) is 5.92 Å². The van der Waals surface area contributed by atoms with Gasteiger partial charge in [0.15, 0.2) is 0 Å². The molecule has 252 valence electrons. The van der Waals surface area contributed by atoms with E-state index in [9.17, 15) is 14.4 Å². The summed E-state index contributed by atoms with van der Waals surface area (Å²) in [5.74, 6) is -2.88. The summed E-state index contributed by atoms with van der Waals surface area (Å²) in [4.78, 5) is 45.5. The third-order valence-corrected chi connectivity index (χ3v) is 8.64. The van der Waals surface area contributed by atoms with Gasteiger partial charge in [-0.3, -0.25) is 4.79 Å². The predicted octanol–water partition coefficient (Wildman–Crippen LogP) is 12.1. The number of rotatable bonds is 33. The van der Waals surface area contributed by atoms with Crippen molar-refractivity contribution in [3.05, 3.63) is 12.7 Å². The normalized spacial score (nSPS) is 11.8. The van der Waals surface area contributed by atoms with Crippen molar-refractivity contribution in [2.45, 2.75) is 206 Å². The topological polar surface area (TPSA) is 69.7 Å². The summed E-state index contributed by atoms with van der Waals surface area (Å²) in [6.45, 7) is 8.24. The Hall–Kier alpha value is -1.65. The van der Waals surface area contributed by atoms with E-state index in [1.807, 2.05) is 0 Å². The molecule has 0 amide bonds. The molecule has 5 nitrogen and oxygen atoms in total. The van der Waals surface area contributed by atoms with Crippen molar-refractivity contribution in [2.75, 3.05) is 0 Å². The fourth-order valence-corrected chi connectivity index (χ4v) is 5.66. The van der Waals surface area contributed by atoms with Crippen LogP contribution in [0.3, 0.4) is 0 Å². The molecule has 5 heteroatoms. The molecule has 1 unspecified atom stereocenters. The number of hydrogen-bond acceptors (Lipinski definition) is 5. The summed E-state index contributed by atoms with van der Waals surface area (Å²) in [7, 11) is 0. The summed E-state index contributed by atoms with van der Waals surface area (Å²) < 4.78 is 0. The van der Waals surface area contributed by atoms with E-state index >= 15 is 0 Å². The van der Waals surface area contributed by atoms with Crippen molar-refractivity contribution in [3.8, 4) is 0 Å². The van der Waals surface area contributed by atoms with Crippen molar-refractivity contribution < 1.29 is 24.2 Å². The van der Waals surface area contributed by atoms with Crippen molar-refractivity contribution in [1.29, 1.82) is 0 Å². The third-order valence-electron chi connectivity index (χ3n) is 8.64. The second-order valence-corrected chi connectivity index (χ2v) is 12.8. The molecular formula is C38H70O5. The zero-order chi connectivity index (χ0) is 31.6. The molecule has 0 heterocycles. The van der Waals surface area contributed by atoms with Gasteiger partial charge in [0.1, 0.15) is 0 Å². The molecule has 43 heavy (non-hydrogen) atoms.